The van der Waals surface area contributed by atoms with Crippen LogP contribution in [0.15, 0.2) is 4.34 Å². The van der Waals surface area contributed by atoms with Crippen molar-refractivity contribution in [3.05, 3.63) is 0 Å². The second-order valence-corrected chi connectivity index (χ2v) is 7.13. The fraction of sp³-hybridized carbons (Fsp3) is 0.818. The molecular weight excluding hydrogens is 268 g/mol. The van der Waals surface area contributed by atoms with Gasteiger partial charge in [-0.05, 0) is 31.8 Å². The minimum Gasteiger partial charge on any atom is -0.391 e. The number of nitrogens with zero attached hydrogens (tertiary/aromatic N) is 3. The molecule has 1 aromatic rings. The summed E-state index contributed by atoms with van der Waals surface area (Å²) in [6, 6.07) is 0. The molecule has 5 nitrogen and oxygen atoms in total. The number of hydrogen-bond donors (Lipinski definition) is 2. The van der Waals surface area contributed by atoms with Crippen LogP contribution in [0.25, 0.3) is 0 Å². The number of nitrogens with two attached hydrogens (primary N) is 1. The first-order valence-corrected chi connectivity index (χ1v) is 8.06. The molecule has 1 fully saturated rings. The third-order valence-corrected chi connectivity index (χ3v) is 5.20. The van der Waals surface area contributed by atoms with Crippen LogP contribution in [0.4, 0.5) is 5.13 Å². The molecule has 1 unspecified atom stereocenters. The summed E-state index contributed by atoms with van der Waals surface area (Å²) in [6.45, 7) is 5.26. The summed E-state index contributed by atoms with van der Waals surface area (Å²) in [7, 11) is 0. The Morgan fingerprint density at radius 3 is 2.83 bits per heavy atom. The van der Waals surface area contributed by atoms with Crippen molar-refractivity contribution in [2.24, 2.45) is 5.92 Å². The van der Waals surface area contributed by atoms with Crippen LogP contribution in [0, 0.1) is 5.92 Å². The maximum absolute atomic E-state index is 10.00. The highest BCUT2D eigenvalue weighted by Crippen LogP contribution is 2.24. The van der Waals surface area contributed by atoms with Gasteiger partial charge in [-0.1, -0.05) is 30.0 Å². The third kappa shape index (κ3) is 4.38. The van der Waals surface area contributed by atoms with E-state index in [1.54, 1.807) is 0 Å². The number of aliphatic hydroxyl groups is 1. The Hall–Kier alpha value is -0.370. The van der Waals surface area contributed by atoms with Crippen molar-refractivity contribution in [2.45, 2.75) is 30.2 Å². The van der Waals surface area contributed by atoms with E-state index < -0.39 is 0 Å². The van der Waals surface area contributed by atoms with Gasteiger partial charge in [0.15, 0.2) is 4.34 Å². The predicted molar refractivity (Wildman–Crippen MR) is 75.9 cm³/mol. The van der Waals surface area contributed by atoms with Gasteiger partial charge in [-0.2, -0.15) is 0 Å². The van der Waals surface area contributed by atoms with E-state index in [2.05, 4.69) is 22.0 Å². The third-order valence-electron chi connectivity index (χ3n) is 3.17. The lowest BCUT2D eigenvalue weighted by Crippen LogP contribution is -2.39. The van der Waals surface area contributed by atoms with E-state index in [0.29, 0.717) is 10.9 Å². The van der Waals surface area contributed by atoms with E-state index in [1.165, 1.54) is 35.9 Å². The standard InChI is InChI=1S/C11H20N4OS2/c1-8-2-4-15(5-3-8)6-9(16)7-17-11-14-13-10(12)18-11/h8-9,16H,2-7H2,1H3,(H2,12,13). The maximum atomic E-state index is 10.00. The van der Waals surface area contributed by atoms with Gasteiger partial charge in [0.05, 0.1) is 6.10 Å². The van der Waals surface area contributed by atoms with Crippen LogP contribution in [0.5, 0.6) is 0 Å². The molecule has 1 saturated heterocycles. The molecule has 0 spiro atoms. The Balaban J connectivity index is 1.67. The minimum absolute atomic E-state index is 0.312. The SMILES string of the molecule is CC1CCN(CC(O)CSc2nnc(N)s2)CC1. The van der Waals surface area contributed by atoms with Crippen molar-refractivity contribution >= 4 is 28.2 Å². The van der Waals surface area contributed by atoms with E-state index in [-0.39, 0.29) is 6.10 Å². The van der Waals surface area contributed by atoms with Gasteiger partial charge in [0.2, 0.25) is 5.13 Å². The van der Waals surface area contributed by atoms with Gasteiger partial charge in [-0.15, -0.1) is 10.2 Å². The van der Waals surface area contributed by atoms with E-state index in [4.69, 9.17) is 5.73 Å². The number of β-amino-alcohol motifs (C(OH)–C–C–N with tert-alkyl or cyclic N) is 1. The molecule has 0 bridgehead atoms. The Morgan fingerprint density at radius 1 is 1.50 bits per heavy atom. The molecule has 1 atom stereocenters. The Kier molecular flexibility index (Phi) is 5.23. The zero-order chi connectivity index (χ0) is 13.0. The Morgan fingerprint density at radius 2 is 2.22 bits per heavy atom. The Bertz CT molecular complexity index is 366. The molecule has 7 heteroatoms. The lowest BCUT2D eigenvalue weighted by atomic mass is 9.99. The molecule has 1 aliphatic rings. The van der Waals surface area contributed by atoms with E-state index in [1.807, 2.05) is 0 Å². The predicted octanol–water partition coefficient (Wildman–Crippen LogP) is 1.31. The molecule has 0 aromatic carbocycles. The summed E-state index contributed by atoms with van der Waals surface area (Å²) in [6.07, 6.45) is 2.17. The first kappa shape index (κ1) is 14.0. The number of aliphatic hydroxyl groups excluding tert-OH is 1. The first-order chi connectivity index (χ1) is 8.63. The van der Waals surface area contributed by atoms with E-state index in [9.17, 15) is 5.11 Å². The van der Waals surface area contributed by atoms with Crippen molar-refractivity contribution < 1.29 is 5.11 Å². The highest BCUT2D eigenvalue weighted by atomic mass is 32.2. The number of nitrogen functional groups attached to an aromatic ring is 1. The molecule has 2 heterocycles. The molecule has 102 valence electrons. The monoisotopic (exact) mass is 288 g/mol. The van der Waals surface area contributed by atoms with E-state index >= 15 is 0 Å². The Labute approximate surface area is 116 Å². The number of likely N-dealkylation sites (tertiary alicyclic amines) is 1. The van der Waals surface area contributed by atoms with Gasteiger partial charge < -0.3 is 15.7 Å². The first-order valence-electron chi connectivity index (χ1n) is 6.25. The summed E-state index contributed by atoms with van der Waals surface area (Å²) >= 11 is 2.90. The van der Waals surface area contributed by atoms with Crippen molar-refractivity contribution in [1.29, 1.82) is 0 Å². The summed E-state index contributed by atoms with van der Waals surface area (Å²) < 4.78 is 0.832. The number of rotatable bonds is 5. The maximum Gasteiger partial charge on any atom is 0.203 e. The second kappa shape index (κ2) is 6.70. The lowest BCUT2D eigenvalue weighted by molar-refractivity contribution is 0.105. The van der Waals surface area contributed by atoms with Crippen LogP contribution < -0.4 is 5.73 Å². The molecule has 1 aromatic heterocycles. The van der Waals surface area contributed by atoms with Gasteiger partial charge >= 0.3 is 0 Å². The molecule has 1 aliphatic heterocycles. The summed E-state index contributed by atoms with van der Waals surface area (Å²) in [5.41, 5.74) is 5.51. The van der Waals surface area contributed by atoms with Crippen molar-refractivity contribution in [3.8, 4) is 0 Å². The van der Waals surface area contributed by atoms with Crippen LogP contribution in [-0.4, -0.2) is 51.7 Å². The highest BCUT2D eigenvalue weighted by molar-refractivity contribution is 8.01. The fourth-order valence-corrected chi connectivity index (χ4v) is 3.62. The van der Waals surface area contributed by atoms with Crippen LogP contribution >= 0.6 is 23.1 Å². The molecule has 2 rings (SSSR count). The van der Waals surface area contributed by atoms with Crippen molar-refractivity contribution in [2.75, 3.05) is 31.1 Å². The molecule has 0 saturated carbocycles. The quantitative estimate of drug-likeness (QED) is 0.796. The van der Waals surface area contributed by atoms with Crippen molar-refractivity contribution in [1.82, 2.24) is 15.1 Å². The molecule has 0 radical (unpaired) electrons. The minimum atomic E-state index is -0.312. The smallest absolute Gasteiger partial charge is 0.203 e. The lowest BCUT2D eigenvalue weighted by Gasteiger charge is -2.31. The van der Waals surface area contributed by atoms with Crippen LogP contribution in [0.2, 0.25) is 0 Å². The number of hydrogen-bond acceptors (Lipinski definition) is 7. The largest absolute Gasteiger partial charge is 0.391 e. The van der Waals surface area contributed by atoms with Gasteiger partial charge in [0.1, 0.15) is 0 Å². The summed E-state index contributed by atoms with van der Waals surface area (Å²) in [5, 5.41) is 18.2. The summed E-state index contributed by atoms with van der Waals surface area (Å²) in [4.78, 5) is 2.35. The number of aromatic nitrogens is 2. The van der Waals surface area contributed by atoms with Gasteiger partial charge in [0.25, 0.3) is 0 Å². The molecule has 18 heavy (non-hydrogen) atoms. The van der Waals surface area contributed by atoms with Gasteiger partial charge in [0, 0.05) is 12.3 Å². The van der Waals surface area contributed by atoms with Gasteiger partial charge in [-0.3, -0.25) is 0 Å². The topological polar surface area (TPSA) is 75.3 Å². The number of anilines is 1. The second-order valence-electron chi connectivity index (χ2n) is 4.85. The molecule has 0 amide bonds. The molecular formula is C11H20N4OS2. The fourth-order valence-electron chi connectivity index (χ4n) is 2.04. The normalized spacial score (nSPS) is 20.1. The van der Waals surface area contributed by atoms with Crippen LogP contribution in [-0.2, 0) is 0 Å². The zero-order valence-electron chi connectivity index (χ0n) is 10.6. The van der Waals surface area contributed by atoms with Gasteiger partial charge in [-0.25, -0.2) is 0 Å². The van der Waals surface area contributed by atoms with Crippen LogP contribution in [0.1, 0.15) is 19.8 Å². The number of piperidine rings is 1. The molecule has 0 aliphatic carbocycles. The average molecular weight is 288 g/mol. The highest BCUT2D eigenvalue weighted by Gasteiger charge is 2.18. The average Bonchev–Trinajstić information content (AvgIpc) is 2.76. The van der Waals surface area contributed by atoms with Crippen molar-refractivity contribution in [3.63, 3.8) is 0 Å². The zero-order valence-corrected chi connectivity index (χ0v) is 12.2. The van der Waals surface area contributed by atoms with Crippen LogP contribution in [0.3, 0.4) is 0 Å². The molecule has 3 N–H and O–H groups in total. The number of thioether (sulfide) groups is 1. The summed E-state index contributed by atoms with van der Waals surface area (Å²) in [5.74, 6) is 1.48. The van der Waals surface area contributed by atoms with E-state index in [0.717, 1.165) is 29.9 Å².